The second-order valence-corrected chi connectivity index (χ2v) is 4.05. The fraction of sp³-hybridized carbons (Fsp3) is 0.462. The summed E-state index contributed by atoms with van der Waals surface area (Å²) < 4.78 is 12.0. The summed E-state index contributed by atoms with van der Waals surface area (Å²) in [5.41, 5.74) is 2.22. The number of nitrogens with zero attached hydrogens (tertiary/aromatic N) is 2. The summed E-state index contributed by atoms with van der Waals surface area (Å²) in [6, 6.07) is 6.23. The van der Waals surface area contributed by atoms with Crippen molar-refractivity contribution >= 4 is 16.6 Å². The van der Waals surface area contributed by atoms with Crippen LogP contribution < -0.4 is 5.32 Å². The molecule has 1 heterocycles. The standard InChI is InChI=1S/C13H19N3O2/c1-17-7-5-14-12-3-4-13-11(9-12)10-15-16(13)6-8-18-2/h3-4,9-10,14H,5-8H2,1-2H3. The number of ether oxygens (including phenoxy) is 2. The van der Waals surface area contributed by atoms with Crippen molar-refractivity contribution in [3.05, 3.63) is 24.4 Å². The fourth-order valence-corrected chi connectivity index (χ4v) is 1.85. The van der Waals surface area contributed by atoms with E-state index in [1.54, 1.807) is 14.2 Å². The molecule has 1 aromatic heterocycles. The van der Waals surface area contributed by atoms with Gasteiger partial charge in [0, 0.05) is 31.8 Å². The Balaban J connectivity index is 2.10. The van der Waals surface area contributed by atoms with Gasteiger partial charge in [0.2, 0.25) is 0 Å². The first-order valence-electron chi connectivity index (χ1n) is 6.02. The Morgan fingerprint density at radius 1 is 1.22 bits per heavy atom. The van der Waals surface area contributed by atoms with Crippen LogP contribution in [0.1, 0.15) is 0 Å². The monoisotopic (exact) mass is 249 g/mol. The predicted molar refractivity (Wildman–Crippen MR) is 72.0 cm³/mol. The summed E-state index contributed by atoms with van der Waals surface area (Å²) >= 11 is 0. The Bertz CT molecular complexity index is 496. The van der Waals surface area contributed by atoms with Gasteiger partial charge in [0.25, 0.3) is 0 Å². The van der Waals surface area contributed by atoms with E-state index in [4.69, 9.17) is 9.47 Å². The van der Waals surface area contributed by atoms with Gasteiger partial charge in [0.1, 0.15) is 0 Å². The zero-order chi connectivity index (χ0) is 12.8. The lowest BCUT2D eigenvalue weighted by Gasteiger charge is -2.06. The maximum absolute atomic E-state index is 5.07. The van der Waals surface area contributed by atoms with E-state index in [1.165, 1.54) is 0 Å². The molecule has 0 aliphatic rings. The number of anilines is 1. The van der Waals surface area contributed by atoms with Crippen LogP contribution in [0.5, 0.6) is 0 Å². The molecule has 0 unspecified atom stereocenters. The zero-order valence-electron chi connectivity index (χ0n) is 10.8. The number of nitrogens with one attached hydrogen (secondary N) is 1. The van der Waals surface area contributed by atoms with E-state index in [1.807, 2.05) is 10.9 Å². The minimum Gasteiger partial charge on any atom is -0.383 e. The molecule has 2 rings (SSSR count). The molecule has 5 nitrogen and oxygen atoms in total. The molecule has 0 atom stereocenters. The van der Waals surface area contributed by atoms with Gasteiger partial charge >= 0.3 is 0 Å². The third-order valence-electron chi connectivity index (χ3n) is 2.78. The Morgan fingerprint density at radius 2 is 2.06 bits per heavy atom. The lowest BCUT2D eigenvalue weighted by molar-refractivity contribution is 0.185. The first kappa shape index (κ1) is 12.9. The van der Waals surface area contributed by atoms with Crippen LogP contribution in [0, 0.1) is 0 Å². The van der Waals surface area contributed by atoms with Crippen LogP contribution in [0.3, 0.4) is 0 Å². The summed E-state index contributed by atoms with van der Waals surface area (Å²) in [6.45, 7) is 2.95. The molecule has 0 bridgehead atoms. The van der Waals surface area contributed by atoms with Crippen molar-refractivity contribution in [2.75, 3.05) is 39.3 Å². The molecular formula is C13H19N3O2. The molecule has 0 saturated heterocycles. The van der Waals surface area contributed by atoms with Gasteiger partial charge in [0.05, 0.1) is 31.5 Å². The van der Waals surface area contributed by atoms with Crippen LogP contribution in [0.2, 0.25) is 0 Å². The van der Waals surface area contributed by atoms with E-state index >= 15 is 0 Å². The Hall–Kier alpha value is -1.59. The molecule has 5 heteroatoms. The van der Waals surface area contributed by atoms with Crippen molar-refractivity contribution < 1.29 is 9.47 Å². The van der Waals surface area contributed by atoms with E-state index in [-0.39, 0.29) is 0 Å². The lowest BCUT2D eigenvalue weighted by Crippen LogP contribution is -2.07. The van der Waals surface area contributed by atoms with Crippen LogP contribution >= 0.6 is 0 Å². The van der Waals surface area contributed by atoms with Crippen LogP contribution in [-0.4, -0.2) is 43.8 Å². The molecule has 2 aromatic rings. The van der Waals surface area contributed by atoms with Gasteiger partial charge in [0.15, 0.2) is 0 Å². The molecule has 0 radical (unpaired) electrons. The molecule has 1 N–H and O–H groups in total. The fourth-order valence-electron chi connectivity index (χ4n) is 1.85. The normalized spacial score (nSPS) is 11.0. The molecule has 0 aliphatic heterocycles. The number of benzene rings is 1. The average Bonchev–Trinajstić information content (AvgIpc) is 2.79. The quantitative estimate of drug-likeness (QED) is 0.759. The van der Waals surface area contributed by atoms with Crippen LogP contribution in [-0.2, 0) is 16.0 Å². The highest BCUT2D eigenvalue weighted by atomic mass is 16.5. The topological polar surface area (TPSA) is 48.3 Å². The lowest BCUT2D eigenvalue weighted by atomic mass is 10.2. The van der Waals surface area contributed by atoms with Gasteiger partial charge < -0.3 is 14.8 Å². The van der Waals surface area contributed by atoms with Gasteiger partial charge in [-0.15, -0.1) is 0 Å². The molecule has 0 spiro atoms. The van der Waals surface area contributed by atoms with E-state index in [2.05, 4.69) is 28.6 Å². The minimum atomic E-state index is 0.671. The molecule has 1 aromatic carbocycles. The van der Waals surface area contributed by atoms with Crippen molar-refractivity contribution in [1.29, 1.82) is 0 Å². The minimum absolute atomic E-state index is 0.671. The first-order valence-corrected chi connectivity index (χ1v) is 6.02. The molecular weight excluding hydrogens is 230 g/mol. The van der Waals surface area contributed by atoms with Crippen molar-refractivity contribution in [1.82, 2.24) is 9.78 Å². The van der Waals surface area contributed by atoms with E-state index in [0.29, 0.717) is 13.2 Å². The Kier molecular flexibility index (Phi) is 4.55. The second-order valence-electron chi connectivity index (χ2n) is 4.05. The summed E-state index contributed by atoms with van der Waals surface area (Å²) in [7, 11) is 3.40. The largest absolute Gasteiger partial charge is 0.383 e. The van der Waals surface area contributed by atoms with Gasteiger partial charge in [-0.1, -0.05) is 0 Å². The third-order valence-corrected chi connectivity index (χ3v) is 2.78. The van der Waals surface area contributed by atoms with Crippen LogP contribution in [0.15, 0.2) is 24.4 Å². The number of fused-ring (bicyclic) bond motifs is 1. The maximum atomic E-state index is 5.07. The summed E-state index contributed by atoms with van der Waals surface area (Å²) in [5.74, 6) is 0. The van der Waals surface area contributed by atoms with Crippen LogP contribution in [0.4, 0.5) is 5.69 Å². The summed E-state index contributed by atoms with van der Waals surface area (Å²) in [5, 5.41) is 8.79. The molecule has 18 heavy (non-hydrogen) atoms. The van der Waals surface area contributed by atoms with E-state index < -0.39 is 0 Å². The number of aromatic nitrogens is 2. The molecule has 98 valence electrons. The molecule has 0 aliphatic carbocycles. The average molecular weight is 249 g/mol. The van der Waals surface area contributed by atoms with Gasteiger partial charge in [-0.05, 0) is 18.2 Å². The predicted octanol–water partition coefficient (Wildman–Crippen LogP) is 1.74. The van der Waals surface area contributed by atoms with Gasteiger partial charge in [-0.2, -0.15) is 5.10 Å². The van der Waals surface area contributed by atoms with E-state index in [0.717, 1.165) is 29.7 Å². The number of hydrogen-bond acceptors (Lipinski definition) is 4. The first-order chi connectivity index (χ1) is 8.85. The zero-order valence-corrected chi connectivity index (χ0v) is 10.8. The van der Waals surface area contributed by atoms with Crippen molar-refractivity contribution in [2.45, 2.75) is 6.54 Å². The highest BCUT2D eigenvalue weighted by molar-refractivity contribution is 5.82. The molecule has 0 amide bonds. The summed E-state index contributed by atoms with van der Waals surface area (Å²) in [4.78, 5) is 0. The summed E-state index contributed by atoms with van der Waals surface area (Å²) in [6.07, 6.45) is 1.88. The second kappa shape index (κ2) is 6.37. The number of rotatable bonds is 7. The van der Waals surface area contributed by atoms with Gasteiger partial charge in [-0.25, -0.2) is 0 Å². The van der Waals surface area contributed by atoms with Crippen LogP contribution in [0.25, 0.3) is 10.9 Å². The highest BCUT2D eigenvalue weighted by Gasteiger charge is 2.03. The third kappa shape index (κ3) is 3.00. The smallest absolute Gasteiger partial charge is 0.0684 e. The maximum Gasteiger partial charge on any atom is 0.0684 e. The van der Waals surface area contributed by atoms with Gasteiger partial charge in [-0.3, -0.25) is 4.68 Å². The molecule has 0 saturated carbocycles. The van der Waals surface area contributed by atoms with E-state index in [9.17, 15) is 0 Å². The number of methoxy groups -OCH3 is 2. The Morgan fingerprint density at radius 3 is 2.83 bits per heavy atom. The Labute approximate surface area is 107 Å². The van der Waals surface area contributed by atoms with Crippen molar-refractivity contribution in [2.24, 2.45) is 0 Å². The molecule has 0 fully saturated rings. The highest BCUT2D eigenvalue weighted by Crippen LogP contribution is 2.18. The van der Waals surface area contributed by atoms with Crippen molar-refractivity contribution in [3.8, 4) is 0 Å². The van der Waals surface area contributed by atoms with Crippen molar-refractivity contribution in [3.63, 3.8) is 0 Å². The SMILES string of the molecule is COCCNc1ccc2c(cnn2CCOC)c1. The number of hydrogen-bond donors (Lipinski definition) is 1.